The lowest BCUT2D eigenvalue weighted by Crippen LogP contribution is -2.20. The molecule has 0 aliphatic carbocycles. The van der Waals surface area contributed by atoms with E-state index in [1.807, 2.05) is 30.3 Å². The SMILES string of the molecule is CCCOc1ccc(OCCNCc2ccoc2)cc1. The summed E-state index contributed by atoms with van der Waals surface area (Å²) >= 11 is 0. The third-order valence-corrected chi connectivity index (χ3v) is 2.75. The Kier molecular flexibility index (Phi) is 5.99. The minimum absolute atomic E-state index is 0.632. The molecule has 0 radical (unpaired) electrons. The normalized spacial score (nSPS) is 10.4. The number of benzene rings is 1. The van der Waals surface area contributed by atoms with E-state index in [0.717, 1.165) is 43.2 Å². The molecule has 1 N–H and O–H groups in total. The first-order valence-electron chi connectivity index (χ1n) is 6.96. The fourth-order valence-corrected chi connectivity index (χ4v) is 1.72. The van der Waals surface area contributed by atoms with Crippen molar-refractivity contribution in [1.29, 1.82) is 0 Å². The molecule has 1 aromatic carbocycles. The second kappa shape index (κ2) is 8.27. The van der Waals surface area contributed by atoms with Gasteiger partial charge < -0.3 is 19.2 Å². The molecular weight excluding hydrogens is 254 g/mol. The monoisotopic (exact) mass is 275 g/mol. The molecule has 0 spiro atoms. The highest BCUT2D eigenvalue weighted by atomic mass is 16.5. The molecule has 1 aromatic heterocycles. The molecule has 0 fully saturated rings. The Hall–Kier alpha value is -1.94. The molecule has 0 aliphatic heterocycles. The van der Waals surface area contributed by atoms with Crippen LogP contribution in [-0.4, -0.2) is 19.8 Å². The molecule has 0 saturated carbocycles. The summed E-state index contributed by atoms with van der Waals surface area (Å²) in [6.07, 6.45) is 4.43. The summed E-state index contributed by atoms with van der Waals surface area (Å²) in [6, 6.07) is 9.68. The molecule has 0 amide bonds. The first-order chi connectivity index (χ1) is 9.88. The van der Waals surface area contributed by atoms with E-state index in [1.54, 1.807) is 12.5 Å². The summed E-state index contributed by atoms with van der Waals surface area (Å²) in [5, 5.41) is 3.29. The number of furan rings is 1. The lowest BCUT2D eigenvalue weighted by atomic mass is 10.3. The summed E-state index contributed by atoms with van der Waals surface area (Å²) in [5.41, 5.74) is 1.14. The minimum Gasteiger partial charge on any atom is -0.494 e. The Bertz CT molecular complexity index is 465. The predicted octanol–water partition coefficient (Wildman–Crippen LogP) is 3.24. The van der Waals surface area contributed by atoms with Crippen molar-refractivity contribution < 1.29 is 13.9 Å². The number of rotatable bonds is 9. The maximum absolute atomic E-state index is 5.64. The molecule has 108 valence electrons. The van der Waals surface area contributed by atoms with Crippen molar-refractivity contribution in [2.45, 2.75) is 19.9 Å². The van der Waals surface area contributed by atoms with Gasteiger partial charge in [-0.2, -0.15) is 0 Å². The van der Waals surface area contributed by atoms with Crippen LogP contribution in [0.25, 0.3) is 0 Å². The number of nitrogens with one attached hydrogen (secondary N) is 1. The van der Waals surface area contributed by atoms with Gasteiger partial charge in [0.15, 0.2) is 0 Å². The maximum Gasteiger partial charge on any atom is 0.119 e. The maximum atomic E-state index is 5.64. The molecule has 0 saturated heterocycles. The van der Waals surface area contributed by atoms with E-state index in [-0.39, 0.29) is 0 Å². The van der Waals surface area contributed by atoms with Gasteiger partial charge in [-0.1, -0.05) is 6.92 Å². The molecule has 2 aromatic rings. The van der Waals surface area contributed by atoms with E-state index in [9.17, 15) is 0 Å². The molecule has 0 bridgehead atoms. The van der Waals surface area contributed by atoms with Gasteiger partial charge in [-0.15, -0.1) is 0 Å². The zero-order chi connectivity index (χ0) is 14.0. The van der Waals surface area contributed by atoms with Crippen LogP contribution in [0.15, 0.2) is 47.3 Å². The van der Waals surface area contributed by atoms with Crippen LogP contribution in [0.5, 0.6) is 11.5 Å². The van der Waals surface area contributed by atoms with E-state index >= 15 is 0 Å². The lowest BCUT2D eigenvalue weighted by Gasteiger charge is -2.08. The molecule has 0 unspecified atom stereocenters. The average Bonchev–Trinajstić information content (AvgIpc) is 2.99. The van der Waals surface area contributed by atoms with E-state index in [1.165, 1.54) is 0 Å². The molecule has 4 nitrogen and oxygen atoms in total. The van der Waals surface area contributed by atoms with Gasteiger partial charge in [0.25, 0.3) is 0 Å². The van der Waals surface area contributed by atoms with Gasteiger partial charge in [0.05, 0.1) is 19.1 Å². The average molecular weight is 275 g/mol. The molecule has 4 heteroatoms. The van der Waals surface area contributed by atoms with Gasteiger partial charge in [0, 0.05) is 18.7 Å². The zero-order valence-electron chi connectivity index (χ0n) is 11.8. The van der Waals surface area contributed by atoms with Gasteiger partial charge in [-0.25, -0.2) is 0 Å². The van der Waals surface area contributed by atoms with E-state index in [2.05, 4.69) is 12.2 Å². The number of hydrogen-bond donors (Lipinski definition) is 1. The van der Waals surface area contributed by atoms with Gasteiger partial charge in [0.1, 0.15) is 18.1 Å². The smallest absolute Gasteiger partial charge is 0.119 e. The first kappa shape index (κ1) is 14.5. The van der Waals surface area contributed by atoms with Crippen molar-refractivity contribution in [3.8, 4) is 11.5 Å². The van der Waals surface area contributed by atoms with Gasteiger partial charge in [-0.3, -0.25) is 0 Å². The highest BCUT2D eigenvalue weighted by Gasteiger charge is 1.97. The lowest BCUT2D eigenvalue weighted by molar-refractivity contribution is 0.306. The van der Waals surface area contributed by atoms with Crippen LogP contribution in [-0.2, 0) is 6.54 Å². The molecule has 1 heterocycles. The summed E-state index contributed by atoms with van der Waals surface area (Å²) in [6.45, 7) is 5.06. The van der Waals surface area contributed by atoms with Crippen molar-refractivity contribution in [3.63, 3.8) is 0 Å². The Balaban J connectivity index is 1.61. The van der Waals surface area contributed by atoms with Crippen molar-refractivity contribution in [1.82, 2.24) is 5.32 Å². The zero-order valence-corrected chi connectivity index (χ0v) is 11.8. The van der Waals surface area contributed by atoms with Crippen molar-refractivity contribution in [2.24, 2.45) is 0 Å². The van der Waals surface area contributed by atoms with E-state index in [4.69, 9.17) is 13.9 Å². The van der Waals surface area contributed by atoms with Crippen LogP contribution in [0.4, 0.5) is 0 Å². The standard InChI is InChI=1S/C16H21NO3/c1-2-9-19-15-3-5-16(6-4-15)20-11-8-17-12-14-7-10-18-13-14/h3-7,10,13,17H,2,8-9,11-12H2,1H3. The largest absolute Gasteiger partial charge is 0.494 e. The Labute approximate surface area is 119 Å². The fraction of sp³-hybridized carbons (Fsp3) is 0.375. The van der Waals surface area contributed by atoms with Crippen molar-refractivity contribution >= 4 is 0 Å². The van der Waals surface area contributed by atoms with Crippen molar-refractivity contribution in [2.75, 3.05) is 19.8 Å². The summed E-state index contributed by atoms with van der Waals surface area (Å²) in [7, 11) is 0. The Morgan fingerprint density at radius 2 is 1.70 bits per heavy atom. The highest BCUT2D eigenvalue weighted by Crippen LogP contribution is 2.17. The molecule has 0 aliphatic rings. The third kappa shape index (κ3) is 4.97. The predicted molar refractivity (Wildman–Crippen MR) is 78.1 cm³/mol. The summed E-state index contributed by atoms with van der Waals surface area (Å²) in [5.74, 6) is 1.75. The number of hydrogen-bond acceptors (Lipinski definition) is 4. The van der Waals surface area contributed by atoms with Crippen LogP contribution in [0.1, 0.15) is 18.9 Å². The van der Waals surface area contributed by atoms with Crippen LogP contribution in [0.2, 0.25) is 0 Å². The molecule has 2 rings (SSSR count). The van der Waals surface area contributed by atoms with E-state index < -0.39 is 0 Å². The van der Waals surface area contributed by atoms with Crippen LogP contribution in [0.3, 0.4) is 0 Å². The third-order valence-electron chi connectivity index (χ3n) is 2.75. The molecular formula is C16H21NO3. The molecule has 0 atom stereocenters. The Morgan fingerprint density at radius 1 is 1.00 bits per heavy atom. The second-order valence-electron chi connectivity index (χ2n) is 4.48. The summed E-state index contributed by atoms with van der Waals surface area (Å²) in [4.78, 5) is 0. The highest BCUT2D eigenvalue weighted by molar-refractivity contribution is 5.31. The van der Waals surface area contributed by atoms with Gasteiger partial charge in [-0.05, 0) is 36.8 Å². The summed E-state index contributed by atoms with van der Waals surface area (Å²) < 4.78 is 16.2. The number of ether oxygens (including phenoxy) is 2. The van der Waals surface area contributed by atoms with Gasteiger partial charge in [0.2, 0.25) is 0 Å². The van der Waals surface area contributed by atoms with Gasteiger partial charge >= 0.3 is 0 Å². The van der Waals surface area contributed by atoms with Crippen LogP contribution in [0, 0.1) is 0 Å². The second-order valence-corrected chi connectivity index (χ2v) is 4.48. The fourth-order valence-electron chi connectivity index (χ4n) is 1.72. The van der Waals surface area contributed by atoms with Crippen molar-refractivity contribution in [3.05, 3.63) is 48.4 Å². The topological polar surface area (TPSA) is 43.6 Å². The van der Waals surface area contributed by atoms with Crippen LogP contribution >= 0.6 is 0 Å². The van der Waals surface area contributed by atoms with Crippen LogP contribution < -0.4 is 14.8 Å². The Morgan fingerprint density at radius 3 is 2.30 bits per heavy atom. The minimum atomic E-state index is 0.632. The first-order valence-corrected chi connectivity index (χ1v) is 6.96. The van der Waals surface area contributed by atoms with E-state index in [0.29, 0.717) is 6.61 Å². The quantitative estimate of drug-likeness (QED) is 0.713. The molecule has 20 heavy (non-hydrogen) atoms.